The molecule has 0 aliphatic heterocycles. The summed E-state index contributed by atoms with van der Waals surface area (Å²) in [6.07, 6.45) is 1.49. The number of aromatic nitrogens is 2. The second kappa shape index (κ2) is 8.66. The number of thiophene rings is 1. The van der Waals surface area contributed by atoms with Crippen molar-refractivity contribution in [1.29, 1.82) is 0 Å². The van der Waals surface area contributed by atoms with Crippen LogP contribution in [0.15, 0.2) is 9.59 Å². The normalized spacial score (nSPS) is 19.6. The van der Waals surface area contributed by atoms with Gasteiger partial charge in [-0.1, -0.05) is 0 Å². The molecule has 0 atom stereocenters. The maximum Gasteiger partial charge on any atom is 0.332 e. The minimum atomic E-state index is -0.258. The van der Waals surface area contributed by atoms with Crippen LogP contribution in [0.5, 0.6) is 0 Å². The molecule has 1 aliphatic rings. The smallest absolute Gasteiger partial charge is 0.332 e. The van der Waals surface area contributed by atoms with E-state index in [4.69, 9.17) is 15.2 Å². The Labute approximate surface area is 161 Å². The minimum Gasteiger partial charge on any atom is -0.383 e. The summed E-state index contributed by atoms with van der Waals surface area (Å²) in [6.45, 7) is 4.67. The predicted octanol–water partition coefficient (Wildman–Crippen LogP) is 0.578. The molecule has 0 unspecified atom stereocenters. The van der Waals surface area contributed by atoms with Gasteiger partial charge in [-0.2, -0.15) is 0 Å². The van der Waals surface area contributed by atoms with Crippen molar-refractivity contribution in [2.45, 2.75) is 45.0 Å². The standard InChI is InChI=1S/C18H28N4O4S/c1-11-14(10-20-5-4-19)27-17-15(11)16(23)22(12-8-13(9-12)26-3)18(24)21(17)6-7-25-2/h12-13,20H,4-10,19H2,1-3H3. The number of methoxy groups -OCH3 is 2. The van der Waals surface area contributed by atoms with E-state index in [9.17, 15) is 9.59 Å². The number of nitrogens with zero attached hydrogens (tertiary/aromatic N) is 2. The van der Waals surface area contributed by atoms with Gasteiger partial charge in [-0.05, 0) is 25.3 Å². The first-order valence-corrected chi connectivity index (χ1v) is 10.0. The number of hydrogen-bond acceptors (Lipinski definition) is 7. The van der Waals surface area contributed by atoms with E-state index in [0.29, 0.717) is 51.0 Å². The van der Waals surface area contributed by atoms with Gasteiger partial charge >= 0.3 is 5.69 Å². The van der Waals surface area contributed by atoms with Crippen LogP contribution < -0.4 is 22.3 Å². The molecule has 3 rings (SSSR count). The molecule has 27 heavy (non-hydrogen) atoms. The van der Waals surface area contributed by atoms with Crippen molar-refractivity contribution < 1.29 is 9.47 Å². The molecule has 1 saturated carbocycles. The van der Waals surface area contributed by atoms with Crippen molar-refractivity contribution in [3.63, 3.8) is 0 Å². The molecule has 8 nitrogen and oxygen atoms in total. The summed E-state index contributed by atoms with van der Waals surface area (Å²) in [4.78, 5) is 28.1. The second-order valence-corrected chi connectivity index (χ2v) is 7.96. The fraction of sp³-hybridized carbons (Fsp3) is 0.667. The Balaban J connectivity index is 2.12. The summed E-state index contributed by atoms with van der Waals surface area (Å²) in [5.41, 5.74) is 6.03. The fourth-order valence-electron chi connectivity index (χ4n) is 3.53. The van der Waals surface area contributed by atoms with Crippen molar-refractivity contribution >= 4 is 21.6 Å². The zero-order valence-corrected chi connectivity index (χ0v) is 16.9. The number of nitrogens with one attached hydrogen (secondary N) is 1. The van der Waals surface area contributed by atoms with Gasteiger partial charge in [0.2, 0.25) is 0 Å². The molecule has 0 spiro atoms. The Morgan fingerprint density at radius 2 is 2.04 bits per heavy atom. The van der Waals surface area contributed by atoms with Crippen LogP contribution in [0.3, 0.4) is 0 Å². The SMILES string of the molecule is COCCn1c(=O)n(C2CC(OC)C2)c(=O)c2c(C)c(CNCCN)sc21. The highest BCUT2D eigenvalue weighted by molar-refractivity contribution is 7.18. The highest BCUT2D eigenvalue weighted by atomic mass is 32.1. The molecule has 1 aliphatic carbocycles. The first kappa shape index (κ1) is 20.2. The van der Waals surface area contributed by atoms with Gasteiger partial charge in [-0.3, -0.25) is 13.9 Å². The molecule has 150 valence electrons. The number of fused-ring (bicyclic) bond motifs is 1. The molecule has 9 heteroatoms. The maximum atomic E-state index is 13.2. The van der Waals surface area contributed by atoms with Crippen LogP contribution in [0.2, 0.25) is 0 Å². The van der Waals surface area contributed by atoms with Crippen molar-refractivity contribution in [3.8, 4) is 0 Å². The Morgan fingerprint density at radius 3 is 2.67 bits per heavy atom. The largest absolute Gasteiger partial charge is 0.383 e. The average molecular weight is 397 g/mol. The molecule has 3 N–H and O–H groups in total. The molecular weight excluding hydrogens is 368 g/mol. The second-order valence-electron chi connectivity index (χ2n) is 6.88. The third-order valence-corrected chi connectivity index (χ3v) is 6.55. The van der Waals surface area contributed by atoms with Gasteiger partial charge in [0.05, 0.1) is 24.6 Å². The third kappa shape index (κ3) is 3.74. The predicted molar refractivity (Wildman–Crippen MR) is 107 cm³/mol. The van der Waals surface area contributed by atoms with Crippen LogP contribution in [0.1, 0.15) is 29.3 Å². The van der Waals surface area contributed by atoms with E-state index in [2.05, 4.69) is 5.32 Å². The average Bonchev–Trinajstić information content (AvgIpc) is 2.93. The summed E-state index contributed by atoms with van der Waals surface area (Å²) in [7, 11) is 3.27. The van der Waals surface area contributed by atoms with Crippen LogP contribution >= 0.6 is 11.3 Å². The Kier molecular flexibility index (Phi) is 6.48. The van der Waals surface area contributed by atoms with E-state index < -0.39 is 0 Å². The monoisotopic (exact) mass is 396 g/mol. The quantitative estimate of drug-likeness (QED) is 0.602. The van der Waals surface area contributed by atoms with Crippen molar-refractivity contribution in [3.05, 3.63) is 31.3 Å². The summed E-state index contributed by atoms with van der Waals surface area (Å²) < 4.78 is 13.6. The van der Waals surface area contributed by atoms with Crippen molar-refractivity contribution in [2.75, 3.05) is 33.9 Å². The van der Waals surface area contributed by atoms with Gasteiger partial charge in [-0.15, -0.1) is 11.3 Å². The lowest BCUT2D eigenvalue weighted by Gasteiger charge is -2.35. The number of ether oxygens (including phenoxy) is 2. The van der Waals surface area contributed by atoms with Crippen molar-refractivity contribution in [1.82, 2.24) is 14.5 Å². The lowest BCUT2D eigenvalue weighted by molar-refractivity contribution is 0.00357. The number of hydrogen-bond donors (Lipinski definition) is 2. The van der Waals surface area contributed by atoms with E-state index in [-0.39, 0.29) is 23.4 Å². The van der Waals surface area contributed by atoms with Crippen LogP contribution in [0.25, 0.3) is 10.2 Å². The van der Waals surface area contributed by atoms with Gasteiger partial charge in [0.1, 0.15) is 4.83 Å². The van der Waals surface area contributed by atoms with E-state index in [1.165, 1.54) is 15.9 Å². The molecule has 0 radical (unpaired) electrons. The lowest BCUT2D eigenvalue weighted by atomic mass is 9.89. The van der Waals surface area contributed by atoms with E-state index in [1.807, 2.05) is 6.92 Å². The molecule has 1 fully saturated rings. The highest BCUT2D eigenvalue weighted by Gasteiger charge is 2.34. The summed E-state index contributed by atoms with van der Waals surface area (Å²) >= 11 is 1.50. The zero-order valence-electron chi connectivity index (χ0n) is 16.1. The van der Waals surface area contributed by atoms with Gasteiger partial charge < -0.3 is 20.5 Å². The molecule has 0 bridgehead atoms. The molecular formula is C18H28N4O4S. The van der Waals surface area contributed by atoms with Crippen LogP contribution in [0.4, 0.5) is 0 Å². The van der Waals surface area contributed by atoms with Crippen LogP contribution in [0, 0.1) is 6.92 Å². The first-order chi connectivity index (χ1) is 13.0. The summed E-state index contributed by atoms with van der Waals surface area (Å²) in [5.74, 6) is 0. The Hall–Kier alpha value is -1.52. The topological polar surface area (TPSA) is 101 Å². The van der Waals surface area contributed by atoms with Gasteiger partial charge in [0.25, 0.3) is 5.56 Å². The molecule has 2 aromatic heterocycles. The zero-order chi connectivity index (χ0) is 19.6. The van der Waals surface area contributed by atoms with E-state index >= 15 is 0 Å². The van der Waals surface area contributed by atoms with Gasteiger partial charge in [0.15, 0.2) is 0 Å². The van der Waals surface area contributed by atoms with Crippen LogP contribution in [-0.2, 0) is 22.6 Å². The highest BCUT2D eigenvalue weighted by Crippen LogP contribution is 2.34. The van der Waals surface area contributed by atoms with E-state index in [0.717, 1.165) is 15.3 Å². The molecule has 2 heterocycles. The summed E-state index contributed by atoms with van der Waals surface area (Å²) in [6, 6.07) is -0.105. The molecule has 2 aromatic rings. The number of aryl methyl sites for hydroxylation is 1. The first-order valence-electron chi connectivity index (χ1n) is 9.23. The van der Waals surface area contributed by atoms with Crippen LogP contribution in [-0.4, -0.2) is 49.2 Å². The third-order valence-electron chi connectivity index (χ3n) is 5.24. The number of rotatable bonds is 9. The molecule has 0 saturated heterocycles. The Morgan fingerprint density at radius 1 is 1.30 bits per heavy atom. The van der Waals surface area contributed by atoms with Crippen molar-refractivity contribution in [2.24, 2.45) is 5.73 Å². The maximum absolute atomic E-state index is 13.2. The van der Waals surface area contributed by atoms with E-state index in [1.54, 1.807) is 18.8 Å². The van der Waals surface area contributed by atoms with Gasteiger partial charge in [-0.25, -0.2) is 4.79 Å². The molecule has 0 amide bonds. The Bertz CT molecular complexity index is 911. The number of nitrogens with two attached hydrogens (primary N) is 1. The summed E-state index contributed by atoms with van der Waals surface area (Å²) in [5, 5.41) is 3.91. The minimum absolute atomic E-state index is 0.105. The lowest BCUT2D eigenvalue weighted by Crippen LogP contribution is -2.47. The van der Waals surface area contributed by atoms with Gasteiger partial charge in [0, 0.05) is 44.8 Å². The fourth-order valence-corrected chi connectivity index (χ4v) is 4.81. The molecule has 0 aromatic carbocycles.